The molecule has 1 aromatic carbocycles. The summed E-state index contributed by atoms with van der Waals surface area (Å²) in [5.41, 5.74) is -0.658. The summed E-state index contributed by atoms with van der Waals surface area (Å²) >= 11 is 5.72. The zero-order chi connectivity index (χ0) is 16.5. The number of carbonyl (C=O) groups is 1. The van der Waals surface area contributed by atoms with Crippen molar-refractivity contribution in [1.82, 2.24) is 15.0 Å². The van der Waals surface area contributed by atoms with Crippen molar-refractivity contribution in [2.45, 2.75) is 5.88 Å². The van der Waals surface area contributed by atoms with Crippen LogP contribution in [0.25, 0.3) is 0 Å². The van der Waals surface area contributed by atoms with Gasteiger partial charge in [-0.1, -0.05) is 11.6 Å². The van der Waals surface area contributed by atoms with Crippen molar-refractivity contribution in [1.29, 1.82) is 0 Å². The van der Waals surface area contributed by atoms with Gasteiger partial charge < -0.3 is 5.32 Å². The highest BCUT2D eigenvalue weighted by molar-refractivity contribution is 7.89. The molecule has 0 saturated carbocycles. The van der Waals surface area contributed by atoms with E-state index < -0.39 is 39.1 Å². The van der Waals surface area contributed by atoms with E-state index in [0.29, 0.717) is 4.80 Å². The summed E-state index contributed by atoms with van der Waals surface area (Å²) in [6.07, 6.45) is 0.909. The molecular formula is C11H9ClF2N4O3S. The first-order chi connectivity index (χ1) is 10.2. The van der Waals surface area contributed by atoms with Gasteiger partial charge in [0.05, 0.1) is 10.7 Å². The predicted molar refractivity (Wildman–Crippen MR) is 74.2 cm³/mol. The van der Waals surface area contributed by atoms with Gasteiger partial charge in [-0.05, 0) is 18.2 Å². The molecule has 1 N–H and O–H groups in total. The monoisotopic (exact) mass is 350 g/mol. The minimum Gasteiger partial charge on any atom is -0.319 e. The lowest BCUT2D eigenvalue weighted by molar-refractivity contribution is 0.101. The number of hydrogen-bond donors (Lipinski definition) is 1. The maximum atomic E-state index is 13.6. The number of sulfone groups is 1. The molecular weight excluding hydrogens is 342 g/mol. The van der Waals surface area contributed by atoms with Gasteiger partial charge in [0.2, 0.25) is 5.69 Å². The molecule has 0 aliphatic carbocycles. The highest BCUT2D eigenvalue weighted by atomic mass is 35.5. The van der Waals surface area contributed by atoms with E-state index >= 15 is 0 Å². The Kier molecular flexibility index (Phi) is 4.42. The van der Waals surface area contributed by atoms with E-state index in [0.717, 1.165) is 18.4 Å². The Labute approximate surface area is 128 Å². The molecule has 2 rings (SSSR count). The second-order valence-electron chi connectivity index (χ2n) is 4.34. The molecule has 0 aliphatic heterocycles. The molecule has 22 heavy (non-hydrogen) atoms. The number of amides is 1. The van der Waals surface area contributed by atoms with Gasteiger partial charge in [-0.25, -0.2) is 12.8 Å². The number of carbonyl (C=O) groups excluding carboxylic acids is 1. The van der Waals surface area contributed by atoms with Crippen molar-refractivity contribution in [2.75, 3.05) is 11.6 Å². The molecule has 118 valence electrons. The van der Waals surface area contributed by atoms with E-state index in [4.69, 9.17) is 11.6 Å². The topological polar surface area (TPSA) is 94.0 Å². The summed E-state index contributed by atoms with van der Waals surface area (Å²) in [7, 11) is -3.50. The second-order valence-corrected chi connectivity index (χ2v) is 6.86. The van der Waals surface area contributed by atoms with Crippen LogP contribution in [-0.4, -0.2) is 35.6 Å². The van der Waals surface area contributed by atoms with Crippen LogP contribution in [0.15, 0.2) is 18.2 Å². The lowest BCUT2D eigenvalue weighted by Crippen LogP contribution is -2.16. The van der Waals surface area contributed by atoms with Gasteiger partial charge >= 0.3 is 0 Å². The standard InChI is InChI=1S/C11H9ClF2N4O3S/c1-22(20,21)5-18-16-9(10(14)17-18)11(19)15-8-3-2-6(13)4-7(8)12/h2-4H,5H2,1H3,(H,15,19). The van der Waals surface area contributed by atoms with Crippen LogP contribution in [0.2, 0.25) is 5.02 Å². The van der Waals surface area contributed by atoms with E-state index in [1.165, 1.54) is 6.07 Å². The molecule has 0 atom stereocenters. The number of hydrogen-bond acceptors (Lipinski definition) is 5. The van der Waals surface area contributed by atoms with Crippen LogP contribution in [0.4, 0.5) is 14.5 Å². The SMILES string of the molecule is CS(=O)(=O)Cn1nc(F)c(C(=O)Nc2ccc(F)cc2Cl)n1. The lowest BCUT2D eigenvalue weighted by atomic mass is 10.3. The molecule has 0 fully saturated rings. The molecule has 0 radical (unpaired) electrons. The van der Waals surface area contributed by atoms with E-state index in [-0.39, 0.29) is 10.7 Å². The molecule has 11 heteroatoms. The summed E-state index contributed by atoms with van der Waals surface area (Å²) in [5, 5.41) is 8.80. The third-order valence-corrected chi connectivity index (χ3v) is 3.37. The Balaban J connectivity index is 2.23. The molecule has 1 amide bonds. The van der Waals surface area contributed by atoms with Crippen LogP contribution >= 0.6 is 11.6 Å². The molecule has 1 heterocycles. The minimum atomic E-state index is -3.50. The number of aromatic nitrogens is 3. The van der Waals surface area contributed by atoms with Crippen molar-refractivity contribution < 1.29 is 22.0 Å². The number of halogens is 3. The zero-order valence-corrected chi connectivity index (χ0v) is 12.6. The van der Waals surface area contributed by atoms with Crippen LogP contribution in [0.3, 0.4) is 0 Å². The Morgan fingerprint density at radius 2 is 2.05 bits per heavy atom. The van der Waals surface area contributed by atoms with Crippen LogP contribution in [0.1, 0.15) is 10.5 Å². The number of nitrogens with zero attached hydrogens (tertiary/aromatic N) is 3. The Morgan fingerprint density at radius 1 is 1.36 bits per heavy atom. The largest absolute Gasteiger partial charge is 0.319 e. The first kappa shape index (κ1) is 16.3. The van der Waals surface area contributed by atoms with Crippen molar-refractivity contribution in [3.63, 3.8) is 0 Å². The van der Waals surface area contributed by atoms with Gasteiger partial charge in [0.25, 0.3) is 11.9 Å². The predicted octanol–water partition coefficient (Wildman–Crippen LogP) is 1.46. The fraction of sp³-hybridized carbons (Fsp3) is 0.182. The average molecular weight is 351 g/mol. The summed E-state index contributed by atoms with van der Waals surface area (Å²) in [6.45, 7) is 0. The highest BCUT2D eigenvalue weighted by Gasteiger charge is 2.21. The molecule has 1 aromatic heterocycles. The van der Waals surface area contributed by atoms with Crippen LogP contribution < -0.4 is 5.32 Å². The number of rotatable bonds is 4. The van der Waals surface area contributed by atoms with Gasteiger partial charge in [0.15, 0.2) is 15.7 Å². The zero-order valence-electron chi connectivity index (χ0n) is 11.0. The van der Waals surface area contributed by atoms with Gasteiger partial charge in [-0.2, -0.15) is 9.19 Å². The van der Waals surface area contributed by atoms with Crippen molar-refractivity contribution in [2.24, 2.45) is 0 Å². The lowest BCUT2D eigenvalue weighted by Gasteiger charge is -2.05. The smallest absolute Gasteiger partial charge is 0.281 e. The Bertz CT molecular complexity index is 838. The van der Waals surface area contributed by atoms with Crippen LogP contribution in [-0.2, 0) is 15.7 Å². The molecule has 0 bridgehead atoms. The second kappa shape index (κ2) is 5.97. The first-order valence-corrected chi connectivity index (χ1v) is 8.14. The normalized spacial score (nSPS) is 11.5. The molecule has 7 nitrogen and oxygen atoms in total. The van der Waals surface area contributed by atoms with E-state index in [1.807, 2.05) is 0 Å². The molecule has 0 aliphatic rings. The van der Waals surface area contributed by atoms with Gasteiger partial charge in [-0.15, -0.1) is 10.2 Å². The molecule has 0 spiro atoms. The van der Waals surface area contributed by atoms with Gasteiger partial charge in [0, 0.05) is 6.26 Å². The van der Waals surface area contributed by atoms with E-state index in [2.05, 4.69) is 15.5 Å². The molecule has 2 aromatic rings. The summed E-state index contributed by atoms with van der Waals surface area (Å²) < 4.78 is 48.6. The third kappa shape index (κ3) is 3.98. The summed E-state index contributed by atoms with van der Waals surface area (Å²) in [4.78, 5) is 12.4. The third-order valence-electron chi connectivity index (χ3n) is 2.36. The fourth-order valence-electron chi connectivity index (χ4n) is 1.51. The van der Waals surface area contributed by atoms with Gasteiger partial charge in [-0.3, -0.25) is 4.79 Å². The van der Waals surface area contributed by atoms with Crippen molar-refractivity contribution in [3.8, 4) is 0 Å². The van der Waals surface area contributed by atoms with Gasteiger partial charge in [0.1, 0.15) is 5.82 Å². The fourth-order valence-corrected chi connectivity index (χ4v) is 2.26. The highest BCUT2D eigenvalue weighted by Crippen LogP contribution is 2.23. The van der Waals surface area contributed by atoms with Crippen LogP contribution in [0, 0.1) is 11.8 Å². The minimum absolute atomic E-state index is 0.0464. The number of nitrogens with one attached hydrogen (secondary N) is 1. The van der Waals surface area contributed by atoms with Crippen LogP contribution in [0.5, 0.6) is 0 Å². The number of benzene rings is 1. The quantitative estimate of drug-likeness (QED) is 0.901. The average Bonchev–Trinajstić information content (AvgIpc) is 2.71. The van der Waals surface area contributed by atoms with Crippen molar-refractivity contribution in [3.05, 3.63) is 40.7 Å². The molecule has 0 unspecified atom stereocenters. The number of anilines is 1. The van der Waals surface area contributed by atoms with E-state index in [1.54, 1.807) is 0 Å². The molecule has 0 saturated heterocycles. The Hall–Kier alpha value is -2.07. The van der Waals surface area contributed by atoms with Crippen molar-refractivity contribution >= 4 is 33.0 Å². The maximum Gasteiger partial charge on any atom is 0.281 e. The summed E-state index contributed by atoms with van der Waals surface area (Å²) in [6, 6.07) is 3.21. The Morgan fingerprint density at radius 3 is 2.64 bits per heavy atom. The maximum absolute atomic E-state index is 13.6. The first-order valence-electron chi connectivity index (χ1n) is 5.70. The summed E-state index contributed by atoms with van der Waals surface area (Å²) in [5.74, 6) is -3.51. The van der Waals surface area contributed by atoms with E-state index in [9.17, 15) is 22.0 Å².